The van der Waals surface area contributed by atoms with E-state index in [1.54, 1.807) is 6.20 Å². The Morgan fingerprint density at radius 2 is 2.09 bits per heavy atom. The van der Waals surface area contributed by atoms with Gasteiger partial charge in [-0.2, -0.15) is 0 Å². The van der Waals surface area contributed by atoms with Gasteiger partial charge in [0.1, 0.15) is 0 Å². The molecule has 1 fully saturated rings. The van der Waals surface area contributed by atoms with E-state index in [0.29, 0.717) is 11.4 Å². The van der Waals surface area contributed by atoms with E-state index in [1.807, 2.05) is 6.20 Å². The Balaban J connectivity index is 2.30. The van der Waals surface area contributed by atoms with E-state index in [-0.39, 0.29) is 0 Å². The lowest BCUT2D eigenvalue weighted by atomic mass is 9.78. The summed E-state index contributed by atoms with van der Waals surface area (Å²) in [5, 5.41) is 17.8. The average molecular weight is 151 g/mol. The van der Waals surface area contributed by atoms with Gasteiger partial charge in [-0.3, -0.25) is 0 Å². The Morgan fingerprint density at radius 1 is 1.36 bits per heavy atom. The molecule has 4 heteroatoms. The molecule has 2 rings (SSSR count). The standard InChI is InChI=1S/C7H10BNO2/c10-8(11)7-4-9-3-6(7)5-1-2-5/h3-5,9-11H,1-2H2. The Morgan fingerprint density at radius 3 is 2.64 bits per heavy atom. The van der Waals surface area contributed by atoms with Crippen LogP contribution >= 0.6 is 0 Å². The topological polar surface area (TPSA) is 56.2 Å². The lowest BCUT2D eigenvalue weighted by Gasteiger charge is -1.98. The first-order valence-electron chi connectivity index (χ1n) is 3.81. The van der Waals surface area contributed by atoms with Crippen LogP contribution in [-0.2, 0) is 0 Å². The van der Waals surface area contributed by atoms with Crippen molar-refractivity contribution in [1.29, 1.82) is 0 Å². The number of H-pyrrole nitrogens is 1. The maximum absolute atomic E-state index is 8.91. The second kappa shape index (κ2) is 2.39. The van der Waals surface area contributed by atoms with E-state index < -0.39 is 7.12 Å². The van der Waals surface area contributed by atoms with Crippen molar-refractivity contribution in [3.63, 3.8) is 0 Å². The van der Waals surface area contributed by atoms with Gasteiger partial charge in [0.15, 0.2) is 0 Å². The van der Waals surface area contributed by atoms with Crippen molar-refractivity contribution in [3.8, 4) is 0 Å². The average Bonchev–Trinajstić information content (AvgIpc) is 2.68. The van der Waals surface area contributed by atoms with Crippen LogP contribution in [0.3, 0.4) is 0 Å². The molecule has 0 saturated heterocycles. The minimum Gasteiger partial charge on any atom is -0.423 e. The highest BCUT2D eigenvalue weighted by Crippen LogP contribution is 2.38. The molecule has 1 aromatic rings. The van der Waals surface area contributed by atoms with Gasteiger partial charge < -0.3 is 15.0 Å². The minimum absolute atomic E-state index is 0.568. The molecule has 1 aliphatic carbocycles. The zero-order chi connectivity index (χ0) is 7.84. The lowest BCUT2D eigenvalue weighted by Crippen LogP contribution is -2.31. The first-order valence-corrected chi connectivity index (χ1v) is 3.81. The molecule has 1 aromatic heterocycles. The highest BCUT2D eigenvalue weighted by molar-refractivity contribution is 6.59. The molecule has 11 heavy (non-hydrogen) atoms. The summed E-state index contributed by atoms with van der Waals surface area (Å²) in [6, 6.07) is 0. The fourth-order valence-corrected chi connectivity index (χ4v) is 1.36. The Labute approximate surface area is 65.2 Å². The quantitative estimate of drug-likeness (QED) is 0.502. The van der Waals surface area contributed by atoms with Crippen molar-refractivity contribution in [2.45, 2.75) is 18.8 Å². The van der Waals surface area contributed by atoms with E-state index in [2.05, 4.69) is 4.98 Å². The molecule has 3 N–H and O–H groups in total. The Hall–Kier alpha value is -0.735. The van der Waals surface area contributed by atoms with E-state index in [4.69, 9.17) is 10.0 Å². The molecule has 0 bridgehead atoms. The fraction of sp³-hybridized carbons (Fsp3) is 0.429. The van der Waals surface area contributed by atoms with Gasteiger partial charge in [-0.1, -0.05) is 0 Å². The summed E-state index contributed by atoms with van der Waals surface area (Å²) in [6.45, 7) is 0. The van der Waals surface area contributed by atoms with Crippen LogP contribution in [0.15, 0.2) is 12.4 Å². The van der Waals surface area contributed by atoms with Gasteiger partial charge in [0, 0.05) is 17.9 Å². The molecule has 3 nitrogen and oxygen atoms in total. The van der Waals surface area contributed by atoms with Crippen molar-refractivity contribution >= 4 is 12.6 Å². The summed E-state index contributed by atoms with van der Waals surface area (Å²) in [5.74, 6) is 0.568. The highest BCUT2D eigenvalue weighted by atomic mass is 16.4. The van der Waals surface area contributed by atoms with Crippen molar-refractivity contribution in [3.05, 3.63) is 18.0 Å². The summed E-state index contributed by atoms with van der Waals surface area (Å²) < 4.78 is 0. The number of aromatic amines is 1. The molecule has 0 unspecified atom stereocenters. The molecule has 1 saturated carbocycles. The molecule has 0 spiro atoms. The minimum atomic E-state index is -1.32. The number of rotatable bonds is 2. The third-order valence-corrected chi connectivity index (χ3v) is 2.11. The zero-order valence-electron chi connectivity index (χ0n) is 6.12. The van der Waals surface area contributed by atoms with Crippen LogP contribution < -0.4 is 5.46 Å². The van der Waals surface area contributed by atoms with Crippen molar-refractivity contribution in [1.82, 2.24) is 4.98 Å². The third-order valence-electron chi connectivity index (χ3n) is 2.11. The van der Waals surface area contributed by atoms with Gasteiger partial charge in [0.2, 0.25) is 0 Å². The largest absolute Gasteiger partial charge is 0.490 e. The van der Waals surface area contributed by atoms with Crippen LogP contribution in [0.5, 0.6) is 0 Å². The second-order valence-corrected chi connectivity index (χ2v) is 3.01. The maximum atomic E-state index is 8.91. The summed E-state index contributed by atoms with van der Waals surface area (Å²) >= 11 is 0. The number of hydrogen-bond acceptors (Lipinski definition) is 2. The highest BCUT2D eigenvalue weighted by Gasteiger charge is 2.29. The van der Waals surface area contributed by atoms with Crippen LogP contribution in [0, 0.1) is 0 Å². The van der Waals surface area contributed by atoms with Crippen molar-refractivity contribution in [2.24, 2.45) is 0 Å². The molecule has 0 radical (unpaired) electrons. The van der Waals surface area contributed by atoms with E-state index in [1.165, 1.54) is 12.8 Å². The predicted molar refractivity (Wildman–Crippen MR) is 42.6 cm³/mol. The smallest absolute Gasteiger partial charge is 0.423 e. The van der Waals surface area contributed by atoms with Gasteiger partial charge in [-0.05, 0) is 24.3 Å². The lowest BCUT2D eigenvalue weighted by molar-refractivity contribution is 0.425. The maximum Gasteiger partial charge on any atom is 0.490 e. The summed E-state index contributed by atoms with van der Waals surface area (Å²) in [4.78, 5) is 2.88. The van der Waals surface area contributed by atoms with Gasteiger partial charge in [0.05, 0.1) is 0 Å². The molecule has 0 atom stereocenters. The van der Waals surface area contributed by atoms with Crippen molar-refractivity contribution < 1.29 is 10.0 Å². The molecule has 0 amide bonds. The number of nitrogens with one attached hydrogen (secondary N) is 1. The van der Waals surface area contributed by atoms with Gasteiger partial charge in [-0.15, -0.1) is 0 Å². The van der Waals surface area contributed by atoms with Crippen LogP contribution in [-0.4, -0.2) is 22.2 Å². The second-order valence-electron chi connectivity index (χ2n) is 3.01. The van der Waals surface area contributed by atoms with Crippen LogP contribution in [0.25, 0.3) is 0 Å². The molecular weight excluding hydrogens is 141 g/mol. The molecule has 58 valence electrons. The third kappa shape index (κ3) is 1.19. The first kappa shape index (κ1) is 6.94. The molecule has 1 aliphatic rings. The van der Waals surface area contributed by atoms with Crippen molar-refractivity contribution in [2.75, 3.05) is 0 Å². The van der Waals surface area contributed by atoms with E-state index in [0.717, 1.165) is 5.56 Å². The van der Waals surface area contributed by atoms with Gasteiger partial charge >= 0.3 is 7.12 Å². The molecular formula is C7H10BNO2. The Bertz CT molecular complexity index is 238. The van der Waals surface area contributed by atoms with E-state index in [9.17, 15) is 0 Å². The predicted octanol–water partition coefficient (Wildman–Crippen LogP) is -0.428. The van der Waals surface area contributed by atoms with Crippen LogP contribution in [0.4, 0.5) is 0 Å². The summed E-state index contributed by atoms with van der Waals surface area (Å²) in [6.07, 6.45) is 5.86. The van der Waals surface area contributed by atoms with E-state index >= 15 is 0 Å². The van der Waals surface area contributed by atoms with Crippen LogP contribution in [0.2, 0.25) is 0 Å². The molecule has 1 heterocycles. The Kier molecular flexibility index (Phi) is 1.51. The fourth-order valence-electron chi connectivity index (χ4n) is 1.36. The summed E-state index contributed by atoms with van der Waals surface area (Å²) in [5.41, 5.74) is 1.70. The monoisotopic (exact) mass is 151 g/mol. The normalized spacial score (nSPS) is 16.9. The number of aromatic nitrogens is 1. The van der Waals surface area contributed by atoms with Crippen LogP contribution in [0.1, 0.15) is 24.3 Å². The van der Waals surface area contributed by atoms with Gasteiger partial charge in [-0.25, -0.2) is 0 Å². The summed E-state index contributed by atoms with van der Waals surface area (Å²) in [7, 11) is -1.32. The zero-order valence-corrected chi connectivity index (χ0v) is 6.12. The van der Waals surface area contributed by atoms with Gasteiger partial charge in [0.25, 0.3) is 0 Å². The number of hydrogen-bond donors (Lipinski definition) is 3. The first-order chi connectivity index (χ1) is 5.29. The molecule has 0 aliphatic heterocycles. The SMILES string of the molecule is OB(O)c1c[nH]cc1C1CC1. The molecule has 0 aromatic carbocycles.